The van der Waals surface area contributed by atoms with Crippen LogP contribution in [0.25, 0.3) is 186 Å². The molecule has 0 atom stereocenters. The molecule has 0 amide bonds. The van der Waals surface area contributed by atoms with Gasteiger partial charge in [-0.05, 0) is 193 Å². The average molecular weight is 1340 g/mol. The Labute approximate surface area is 578 Å². The number of hydrogen-bond acceptors (Lipinski definition) is 14. The van der Waals surface area contributed by atoms with Gasteiger partial charge < -0.3 is 70.1 Å². The Morgan fingerprint density at radius 2 is 0.539 bits per heavy atom. The second-order valence-electron chi connectivity index (χ2n) is 26.5. The van der Waals surface area contributed by atoms with Crippen LogP contribution in [0.2, 0.25) is 0 Å². The molecule has 0 aliphatic carbocycles. The first-order chi connectivity index (χ1) is 49.3. The highest BCUT2D eigenvalue weighted by molar-refractivity contribution is 6.30. The molecule has 12 N–H and O–H groups in total. The number of phenolic OH excluding ortho intramolecular Hbond substituents is 12. The molecule has 14 nitrogen and oxygen atoms in total. The third-order valence-electron chi connectivity index (χ3n) is 21.0. The van der Waals surface area contributed by atoms with Crippen molar-refractivity contribution >= 4 is 109 Å². The first-order valence-electron chi connectivity index (χ1n) is 33.0. The van der Waals surface area contributed by atoms with Gasteiger partial charge in [-0.2, -0.15) is 0 Å². The fourth-order valence-corrected chi connectivity index (χ4v) is 16.0. The van der Waals surface area contributed by atoms with Crippen LogP contribution in [-0.4, -0.2) is 61.3 Å². The molecular weight excluding hydrogens is 1280 g/mol. The van der Waals surface area contributed by atoms with Crippen molar-refractivity contribution in [3.8, 4) is 147 Å². The zero-order chi connectivity index (χ0) is 70.3. The lowest BCUT2D eigenvalue weighted by atomic mass is 9.80. The number of fused-ring (bicyclic) bond motifs is 12. The number of furan rings is 2. The number of rotatable bonds is 7. The van der Waals surface area contributed by atoms with Crippen LogP contribution in [0.1, 0.15) is 22.3 Å². The highest BCUT2D eigenvalue weighted by atomic mass is 16.4. The van der Waals surface area contributed by atoms with Crippen molar-refractivity contribution in [2.24, 2.45) is 0 Å². The molecule has 102 heavy (non-hydrogen) atoms. The largest absolute Gasteiger partial charge is 0.504 e. The third-order valence-corrected chi connectivity index (χ3v) is 21.0. The van der Waals surface area contributed by atoms with Crippen molar-refractivity contribution in [2.45, 2.75) is 27.7 Å². The number of phenols is 12. The van der Waals surface area contributed by atoms with E-state index in [4.69, 9.17) is 8.83 Å². The maximum atomic E-state index is 12.3. The van der Waals surface area contributed by atoms with E-state index in [2.05, 4.69) is 12.1 Å². The van der Waals surface area contributed by atoms with Gasteiger partial charge in [-0.25, -0.2) is 0 Å². The van der Waals surface area contributed by atoms with Gasteiger partial charge in [0.05, 0.1) is 0 Å². The number of para-hydroxylation sites is 1. The Morgan fingerprint density at radius 3 is 1.04 bits per heavy atom. The lowest BCUT2D eigenvalue weighted by molar-refractivity contribution is 0.351. The van der Waals surface area contributed by atoms with Gasteiger partial charge in [-0.3, -0.25) is 0 Å². The molecule has 0 fully saturated rings. The van der Waals surface area contributed by atoms with E-state index in [9.17, 15) is 61.3 Å². The van der Waals surface area contributed by atoms with Gasteiger partial charge in [0.1, 0.15) is 22.3 Å². The summed E-state index contributed by atoms with van der Waals surface area (Å²) in [7, 11) is 0. The maximum Gasteiger partial charge on any atom is 0.204 e. The Balaban J connectivity index is 0.759. The Morgan fingerprint density at radius 1 is 0.196 bits per heavy atom. The molecule has 0 saturated heterocycles. The Hall–Kier alpha value is -13.7. The third kappa shape index (κ3) is 8.53. The van der Waals surface area contributed by atoms with Crippen molar-refractivity contribution in [2.75, 3.05) is 0 Å². The van der Waals surface area contributed by atoms with Crippen LogP contribution < -0.4 is 0 Å². The Bertz CT molecular complexity index is 6670. The van der Waals surface area contributed by atoms with Crippen molar-refractivity contribution in [3.63, 3.8) is 0 Å². The van der Waals surface area contributed by atoms with E-state index in [0.29, 0.717) is 93.8 Å². The smallest absolute Gasteiger partial charge is 0.204 e. The van der Waals surface area contributed by atoms with E-state index >= 15 is 0 Å². The molecular formula is C88H58O14. The van der Waals surface area contributed by atoms with Crippen LogP contribution in [-0.2, 0) is 0 Å². The van der Waals surface area contributed by atoms with E-state index in [1.54, 1.807) is 52.0 Å². The summed E-state index contributed by atoms with van der Waals surface area (Å²) in [4.78, 5) is 0. The molecule has 18 rings (SSSR count). The van der Waals surface area contributed by atoms with Crippen LogP contribution in [0, 0.1) is 27.7 Å². The lowest BCUT2D eigenvalue weighted by Gasteiger charge is -2.24. The minimum Gasteiger partial charge on any atom is -0.504 e. The van der Waals surface area contributed by atoms with E-state index in [1.165, 1.54) is 0 Å². The van der Waals surface area contributed by atoms with E-state index in [1.807, 2.05) is 170 Å². The minimum absolute atomic E-state index is 0.00753. The number of aromatic hydroxyl groups is 12. The zero-order valence-corrected chi connectivity index (χ0v) is 54.8. The van der Waals surface area contributed by atoms with Gasteiger partial charge >= 0.3 is 0 Å². The molecule has 14 heteroatoms. The standard InChI is InChI=1S/C88H58O14/c1-39-65-67(41(3)79(91)77(39)89)71(52-27-30-62-59(36-52)57-19-7-8-21-61(57)101-62)75-73(81(93)85(97)87(99)83(75)95)69(65)50-16-9-14-45(32-50)46-24-22-43-23-25-47(34-54(43)33-46)48-26-29-58-60-37-53(28-31-63(60)102-64(58)38-48)72-68-42(4)80(92)78(90)40(2)66(68)70(74-76(72)84(96)88(100)86(98)82(74)94)51-17-10-15-49(35-51)56-20-11-13-44-12-5-6-18-55(44)56/h5-38,89-100H,1-4H3. The predicted octanol–water partition coefficient (Wildman–Crippen LogP) is 21.8. The Kier molecular flexibility index (Phi) is 13.0. The van der Waals surface area contributed by atoms with Gasteiger partial charge in [0.2, 0.25) is 23.0 Å². The minimum atomic E-state index is -0.948. The number of hydrogen-bond donors (Lipinski definition) is 12. The van der Waals surface area contributed by atoms with E-state index < -0.39 is 69.0 Å². The zero-order valence-electron chi connectivity index (χ0n) is 54.8. The fraction of sp³-hybridized carbons (Fsp3) is 0.0455. The second-order valence-corrected chi connectivity index (χ2v) is 26.5. The average Bonchev–Trinajstić information content (AvgIpc) is 0.740. The quantitative estimate of drug-likeness (QED) is 0.0402. The summed E-state index contributed by atoms with van der Waals surface area (Å²) >= 11 is 0. The summed E-state index contributed by atoms with van der Waals surface area (Å²) in [5.41, 5.74) is 11.6. The molecule has 0 aliphatic heterocycles. The molecule has 2 heterocycles. The van der Waals surface area contributed by atoms with E-state index in [0.717, 1.165) is 71.1 Å². The highest BCUT2D eigenvalue weighted by Gasteiger charge is 2.34. The SMILES string of the molecule is Cc1c(O)c(O)c(C)c2c(-c3ccc4oc5ccccc5c4c3)c3c(O)c(O)c(O)c(O)c3c(-c3cccc(-c4ccc5ccc(-c6ccc7c(c6)oc6ccc(-c8c9c(C)c(O)c(O)c(C)c9c(-c9cccc(-c%10cccc%11ccccc%10%11)c9)c9c(O)c(O)c(O)c(O)c89)cc67)cc5c4)c3)c12. The van der Waals surface area contributed by atoms with Crippen LogP contribution in [0.5, 0.6) is 69.0 Å². The topological polar surface area (TPSA) is 269 Å². The van der Waals surface area contributed by atoms with Gasteiger partial charge in [-0.1, -0.05) is 140 Å². The summed E-state index contributed by atoms with van der Waals surface area (Å²) < 4.78 is 12.8. The summed E-state index contributed by atoms with van der Waals surface area (Å²) in [5, 5.41) is 150. The van der Waals surface area contributed by atoms with E-state index in [-0.39, 0.29) is 43.8 Å². The summed E-state index contributed by atoms with van der Waals surface area (Å²) in [6, 6.07) is 65.7. The molecule has 0 aliphatic rings. The first kappa shape index (κ1) is 60.7. The molecule has 2 aromatic heterocycles. The monoisotopic (exact) mass is 1340 g/mol. The van der Waals surface area contributed by atoms with Gasteiger partial charge in [0.25, 0.3) is 0 Å². The van der Waals surface area contributed by atoms with Gasteiger partial charge in [-0.15, -0.1) is 0 Å². The molecule has 0 spiro atoms. The number of benzene rings is 16. The predicted molar refractivity (Wildman–Crippen MR) is 403 cm³/mol. The van der Waals surface area contributed by atoms with Crippen LogP contribution in [0.15, 0.2) is 215 Å². The summed E-state index contributed by atoms with van der Waals surface area (Å²) in [6.45, 7) is 6.60. The number of aryl methyl sites for hydroxylation is 4. The molecule has 0 unspecified atom stereocenters. The van der Waals surface area contributed by atoms with Crippen molar-refractivity contribution in [3.05, 3.63) is 229 Å². The summed E-state index contributed by atoms with van der Waals surface area (Å²) in [6.07, 6.45) is 0. The van der Waals surface area contributed by atoms with Crippen LogP contribution >= 0.6 is 0 Å². The van der Waals surface area contributed by atoms with Crippen molar-refractivity contribution in [1.82, 2.24) is 0 Å². The van der Waals surface area contributed by atoms with Gasteiger partial charge in [0, 0.05) is 87.6 Å². The molecule has 494 valence electrons. The van der Waals surface area contributed by atoms with Crippen molar-refractivity contribution < 1.29 is 70.1 Å². The fourth-order valence-electron chi connectivity index (χ4n) is 16.0. The maximum absolute atomic E-state index is 12.3. The molecule has 0 bridgehead atoms. The highest BCUT2D eigenvalue weighted by Crippen LogP contribution is 2.62. The van der Waals surface area contributed by atoms with Crippen molar-refractivity contribution in [1.29, 1.82) is 0 Å². The normalized spacial score (nSPS) is 12.0. The molecule has 16 aromatic carbocycles. The van der Waals surface area contributed by atoms with Crippen LogP contribution in [0.3, 0.4) is 0 Å². The lowest BCUT2D eigenvalue weighted by Crippen LogP contribution is -1.97. The van der Waals surface area contributed by atoms with Crippen LogP contribution in [0.4, 0.5) is 0 Å². The molecule has 18 aromatic rings. The second kappa shape index (κ2) is 21.9. The summed E-state index contributed by atoms with van der Waals surface area (Å²) in [5.74, 6) is -8.20. The van der Waals surface area contributed by atoms with Gasteiger partial charge in [0.15, 0.2) is 46.0 Å². The molecule has 0 saturated carbocycles. The molecule has 0 radical (unpaired) electrons. The first-order valence-corrected chi connectivity index (χ1v) is 33.0.